The second-order valence-electron chi connectivity index (χ2n) is 12.2. The molecular weight excluding hydrogens is 458 g/mol. The van der Waals surface area contributed by atoms with Crippen LogP contribution < -0.4 is 4.90 Å². The lowest BCUT2D eigenvalue weighted by Crippen LogP contribution is -2.17. The fraction of sp³-hybridized carbons (Fsp3) is 0.189. The molecule has 0 saturated heterocycles. The Hall–Kier alpha value is -4.10. The van der Waals surface area contributed by atoms with Crippen molar-refractivity contribution in [3.8, 4) is 44.5 Å². The van der Waals surface area contributed by atoms with Crippen molar-refractivity contribution in [2.45, 2.75) is 38.5 Å². The van der Waals surface area contributed by atoms with Crippen LogP contribution >= 0.6 is 0 Å². The minimum Gasteiger partial charge on any atom is -0.344 e. The highest BCUT2D eigenvalue weighted by atomic mass is 15.1. The van der Waals surface area contributed by atoms with E-state index in [1.807, 2.05) is 0 Å². The van der Waals surface area contributed by atoms with Crippen LogP contribution in [0.15, 0.2) is 97.1 Å². The lowest BCUT2D eigenvalue weighted by Gasteiger charge is -2.27. The zero-order valence-corrected chi connectivity index (χ0v) is 22.7. The molecule has 1 heteroatoms. The van der Waals surface area contributed by atoms with Crippen molar-refractivity contribution in [2.75, 3.05) is 11.9 Å². The van der Waals surface area contributed by atoms with E-state index in [-0.39, 0.29) is 10.8 Å². The maximum atomic E-state index is 2.47. The van der Waals surface area contributed by atoms with Crippen molar-refractivity contribution in [2.24, 2.45) is 0 Å². The van der Waals surface area contributed by atoms with E-state index in [0.29, 0.717) is 0 Å². The molecule has 0 aromatic heterocycles. The topological polar surface area (TPSA) is 3.24 Å². The summed E-state index contributed by atoms with van der Waals surface area (Å²) in [4.78, 5) is 2.44. The smallest absolute Gasteiger partial charge is 0.0494 e. The number of anilines is 2. The van der Waals surface area contributed by atoms with E-state index < -0.39 is 0 Å². The number of fused-ring (bicyclic) bond motifs is 12. The van der Waals surface area contributed by atoms with Gasteiger partial charge in [0.15, 0.2) is 0 Å². The number of hydrogen-bond donors (Lipinski definition) is 0. The molecule has 0 unspecified atom stereocenters. The Morgan fingerprint density at radius 2 is 1.00 bits per heavy atom. The van der Waals surface area contributed by atoms with Crippen molar-refractivity contribution >= 4 is 11.4 Å². The van der Waals surface area contributed by atoms with Gasteiger partial charge in [-0.1, -0.05) is 107 Å². The summed E-state index contributed by atoms with van der Waals surface area (Å²) < 4.78 is 0. The van der Waals surface area contributed by atoms with Gasteiger partial charge in [-0.3, -0.25) is 0 Å². The first-order valence-corrected chi connectivity index (χ1v) is 13.7. The standard InChI is InChI=1S/C37H31N/c1-36(2)29-17-11-9-15-25(29)34-30(36)18-19-32-35(34)24-14-7-6-12-22(24)27-20-26-23-13-8-10-16-28(23)37(3,4)31(26)21-33(27)38(32)5/h6-21H,1-5H3. The average molecular weight is 490 g/mol. The Labute approximate surface area is 225 Å². The maximum Gasteiger partial charge on any atom is 0.0494 e. The Morgan fingerprint density at radius 1 is 0.421 bits per heavy atom. The van der Waals surface area contributed by atoms with Crippen LogP contribution in [0.3, 0.4) is 0 Å². The van der Waals surface area contributed by atoms with E-state index >= 15 is 0 Å². The van der Waals surface area contributed by atoms with Gasteiger partial charge < -0.3 is 4.90 Å². The summed E-state index contributed by atoms with van der Waals surface area (Å²) in [5, 5.41) is 0. The van der Waals surface area contributed by atoms with Gasteiger partial charge in [-0.2, -0.15) is 0 Å². The predicted molar refractivity (Wildman–Crippen MR) is 161 cm³/mol. The third-order valence-corrected chi connectivity index (χ3v) is 9.64. The molecule has 5 aromatic carbocycles. The second kappa shape index (κ2) is 7.05. The molecule has 0 radical (unpaired) electrons. The van der Waals surface area contributed by atoms with Crippen LogP contribution in [0.25, 0.3) is 44.5 Å². The van der Waals surface area contributed by atoms with Gasteiger partial charge in [0.05, 0.1) is 0 Å². The SMILES string of the molecule is CN1c2cc3c(cc2-c2ccccc2-c2c1ccc1c2-c2ccccc2C1(C)C)-c1ccccc1C3(C)C. The Kier molecular flexibility index (Phi) is 4.07. The Bertz CT molecular complexity index is 1830. The summed E-state index contributed by atoms with van der Waals surface area (Å²) in [5.41, 5.74) is 19.0. The van der Waals surface area contributed by atoms with E-state index in [1.165, 1.54) is 78.1 Å². The highest BCUT2D eigenvalue weighted by Crippen LogP contribution is 2.59. The summed E-state index contributed by atoms with van der Waals surface area (Å²) in [6.07, 6.45) is 0. The molecule has 5 aromatic rings. The van der Waals surface area contributed by atoms with Gasteiger partial charge in [0, 0.05) is 40.4 Å². The van der Waals surface area contributed by atoms with Gasteiger partial charge in [-0.25, -0.2) is 0 Å². The molecule has 3 aliphatic rings. The molecule has 1 nitrogen and oxygen atoms in total. The van der Waals surface area contributed by atoms with E-state index in [2.05, 4.69) is 137 Å². The third kappa shape index (κ3) is 2.52. The van der Waals surface area contributed by atoms with Crippen molar-refractivity contribution < 1.29 is 0 Å². The second-order valence-corrected chi connectivity index (χ2v) is 12.2. The third-order valence-electron chi connectivity index (χ3n) is 9.64. The van der Waals surface area contributed by atoms with Crippen molar-refractivity contribution in [1.82, 2.24) is 0 Å². The van der Waals surface area contributed by atoms with Gasteiger partial charge >= 0.3 is 0 Å². The monoisotopic (exact) mass is 489 g/mol. The van der Waals surface area contributed by atoms with Crippen LogP contribution in [0.1, 0.15) is 49.9 Å². The molecule has 0 saturated carbocycles. The lowest BCUT2D eigenvalue weighted by molar-refractivity contribution is 0.660. The maximum absolute atomic E-state index is 2.47. The van der Waals surface area contributed by atoms with Gasteiger partial charge in [0.25, 0.3) is 0 Å². The van der Waals surface area contributed by atoms with Crippen LogP contribution in [0.5, 0.6) is 0 Å². The van der Waals surface area contributed by atoms with Gasteiger partial charge in [-0.15, -0.1) is 0 Å². The first-order chi connectivity index (χ1) is 18.3. The summed E-state index contributed by atoms with van der Waals surface area (Å²) in [6, 6.07) is 36.7. The molecule has 0 atom stereocenters. The minimum atomic E-state index is -0.0304. The Balaban J connectivity index is 1.49. The van der Waals surface area contributed by atoms with Gasteiger partial charge in [0.2, 0.25) is 0 Å². The van der Waals surface area contributed by atoms with Crippen molar-refractivity contribution in [3.63, 3.8) is 0 Å². The first-order valence-electron chi connectivity index (χ1n) is 13.7. The van der Waals surface area contributed by atoms with E-state index in [1.54, 1.807) is 0 Å². The number of rotatable bonds is 0. The number of benzene rings is 5. The van der Waals surface area contributed by atoms with Crippen LogP contribution in [-0.2, 0) is 10.8 Å². The molecule has 0 spiro atoms. The summed E-state index contributed by atoms with van der Waals surface area (Å²) in [5.74, 6) is 0. The molecule has 1 aliphatic heterocycles. The Morgan fingerprint density at radius 3 is 1.74 bits per heavy atom. The largest absolute Gasteiger partial charge is 0.344 e. The summed E-state index contributed by atoms with van der Waals surface area (Å²) in [6.45, 7) is 9.48. The van der Waals surface area contributed by atoms with Crippen molar-refractivity contribution in [1.29, 1.82) is 0 Å². The van der Waals surface area contributed by atoms with Crippen LogP contribution in [0.4, 0.5) is 11.4 Å². The highest BCUT2D eigenvalue weighted by molar-refractivity contribution is 6.08. The molecular formula is C37H31N. The number of nitrogens with zero attached hydrogens (tertiary/aromatic N) is 1. The molecule has 8 rings (SSSR count). The van der Waals surface area contributed by atoms with Crippen LogP contribution in [-0.4, -0.2) is 7.05 Å². The zero-order chi connectivity index (χ0) is 26.0. The van der Waals surface area contributed by atoms with Crippen molar-refractivity contribution in [3.05, 3.63) is 119 Å². The van der Waals surface area contributed by atoms with Crippen LogP contribution in [0, 0.1) is 0 Å². The normalized spacial score (nSPS) is 16.4. The molecule has 0 fully saturated rings. The molecule has 184 valence electrons. The van der Waals surface area contributed by atoms with E-state index in [9.17, 15) is 0 Å². The lowest BCUT2D eigenvalue weighted by atomic mass is 9.81. The molecule has 0 N–H and O–H groups in total. The quantitative estimate of drug-likeness (QED) is 0.209. The molecule has 38 heavy (non-hydrogen) atoms. The van der Waals surface area contributed by atoms with Gasteiger partial charge in [-0.05, 0) is 73.8 Å². The predicted octanol–water partition coefficient (Wildman–Crippen LogP) is 9.71. The fourth-order valence-corrected chi connectivity index (χ4v) is 7.63. The highest BCUT2D eigenvalue weighted by Gasteiger charge is 2.40. The molecule has 0 amide bonds. The minimum absolute atomic E-state index is 0.0253. The zero-order valence-electron chi connectivity index (χ0n) is 22.7. The summed E-state index contributed by atoms with van der Waals surface area (Å²) >= 11 is 0. The summed E-state index contributed by atoms with van der Waals surface area (Å²) in [7, 11) is 2.25. The molecule has 0 bridgehead atoms. The van der Waals surface area contributed by atoms with E-state index in [4.69, 9.17) is 0 Å². The van der Waals surface area contributed by atoms with Crippen LogP contribution in [0.2, 0.25) is 0 Å². The first kappa shape index (κ1) is 21.9. The van der Waals surface area contributed by atoms with Gasteiger partial charge in [0.1, 0.15) is 0 Å². The number of hydrogen-bond acceptors (Lipinski definition) is 1. The molecule has 2 aliphatic carbocycles. The fourth-order valence-electron chi connectivity index (χ4n) is 7.63. The molecule has 1 heterocycles. The van der Waals surface area contributed by atoms with E-state index in [0.717, 1.165) is 0 Å². The average Bonchev–Trinajstić information content (AvgIpc) is 3.26.